The Morgan fingerprint density at radius 1 is 1.64 bits per heavy atom. The van der Waals surface area contributed by atoms with E-state index in [1.807, 2.05) is 0 Å². The zero-order valence-electron chi connectivity index (χ0n) is 6.83. The van der Waals surface area contributed by atoms with Gasteiger partial charge in [0, 0.05) is 20.0 Å². The van der Waals surface area contributed by atoms with E-state index in [4.69, 9.17) is 0 Å². The van der Waals surface area contributed by atoms with Gasteiger partial charge in [-0.3, -0.25) is 14.6 Å². The van der Waals surface area contributed by atoms with Crippen molar-refractivity contribution in [2.45, 2.75) is 13.3 Å². The van der Waals surface area contributed by atoms with E-state index in [0.717, 1.165) is 0 Å². The number of hydrogen-bond acceptors (Lipinski definition) is 3. The lowest BCUT2D eigenvalue weighted by Gasteiger charge is -2.21. The van der Waals surface area contributed by atoms with Crippen LogP contribution in [-0.4, -0.2) is 41.8 Å². The van der Waals surface area contributed by atoms with Crippen LogP contribution >= 0.6 is 0 Å². The molecular formula is C7H12N2O2. The second kappa shape index (κ2) is 3.00. The van der Waals surface area contributed by atoms with Crippen LogP contribution in [-0.2, 0) is 9.59 Å². The van der Waals surface area contributed by atoms with Gasteiger partial charge in [0.2, 0.25) is 5.91 Å². The Balaban J connectivity index is 2.48. The minimum Gasteiger partial charge on any atom is -0.298 e. The molecule has 4 heteroatoms. The number of hydrazine groups is 1. The molecule has 4 nitrogen and oxygen atoms in total. The normalized spacial score (nSPS) is 19.5. The van der Waals surface area contributed by atoms with Crippen molar-refractivity contribution in [2.24, 2.45) is 0 Å². The summed E-state index contributed by atoms with van der Waals surface area (Å²) in [6.45, 7) is 2.55. The van der Waals surface area contributed by atoms with Crippen molar-refractivity contribution >= 4 is 11.7 Å². The lowest BCUT2D eigenvalue weighted by Crippen LogP contribution is -2.38. The highest BCUT2D eigenvalue weighted by Gasteiger charge is 2.25. The molecule has 62 valence electrons. The molecule has 0 aromatic heterocycles. The summed E-state index contributed by atoms with van der Waals surface area (Å²) in [5.41, 5.74) is 0. The van der Waals surface area contributed by atoms with Crippen molar-refractivity contribution in [2.75, 3.05) is 20.1 Å². The lowest BCUT2D eigenvalue weighted by molar-refractivity contribution is -0.137. The van der Waals surface area contributed by atoms with Crippen molar-refractivity contribution in [3.63, 3.8) is 0 Å². The predicted octanol–water partition coefficient (Wildman–Crippen LogP) is -0.346. The van der Waals surface area contributed by atoms with Crippen molar-refractivity contribution in [1.29, 1.82) is 0 Å². The maximum absolute atomic E-state index is 10.9. The van der Waals surface area contributed by atoms with Crippen LogP contribution in [0.1, 0.15) is 13.3 Å². The average molecular weight is 156 g/mol. The predicted molar refractivity (Wildman–Crippen MR) is 39.6 cm³/mol. The summed E-state index contributed by atoms with van der Waals surface area (Å²) < 4.78 is 0. The van der Waals surface area contributed by atoms with E-state index in [1.54, 1.807) is 12.1 Å². The van der Waals surface area contributed by atoms with Crippen LogP contribution in [0, 0.1) is 0 Å². The average Bonchev–Trinajstić information content (AvgIpc) is 2.18. The SMILES string of the molecule is CC(=O)CN1CCC(=O)N1C. The molecular weight excluding hydrogens is 144 g/mol. The Hall–Kier alpha value is -0.900. The highest BCUT2D eigenvalue weighted by molar-refractivity contribution is 5.80. The summed E-state index contributed by atoms with van der Waals surface area (Å²) in [6.07, 6.45) is 0.532. The summed E-state index contributed by atoms with van der Waals surface area (Å²) in [6, 6.07) is 0. The number of carbonyl (C=O) groups excluding carboxylic acids is 2. The van der Waals surface area contributed by atoms with Gasteiger partial charge in [0.15, 0.2) is 0 Å². The van der Waals surface area contributed by atoms with E-state index < -0.39 is 0 Å². The van der Waals surface area contributed by atoms with Crippen LogP contribution in [0.15, 0.2) is 0 Å². The van der Waals surface area contributed by atoms with Crippen molar-refractivity contribution in [3.05, 3.63) is 0 Å². The monoisotopic (exact) mass is 156 g/mol. The van der Waals surface area contributed by atoms with Gasteiger partial charge < -0.3 is 0 Å². The van der Waals surface area contributed by atoms with Gasteiger partial charge in [0.25, 0.3) is 0 Å². The molecule has 0 saturated carbocycles. The summed E-state index contributed by atoms with van der Waals surface area (Å²) in [5, 5.41) is 3.27. The molecule has 0 radical (unpaired) electrons. The number of ketones is 1. The fourth-order valence-corrected chi connectivity index (χ4v) is 1.14. The van der Waals surface area contributed by atoms with E-state index in [1.165, 1.54) is 11.9 Å². The summed E-state index contributed by atoms with van der Waals surface area (Å²) in [4.78, 5) is 21.6. The Kier molecular flexibility index (Phi) is 2.24. The van der Waals surface area contributed by atoms with E-state index in [2.05, 4.69) is 0 Å². The van der Waals surface area contributed by atoms with Crippen LogP contribution < -0.4 is 0 Å². The largest absolute Gasteiger partial charge is 0.298 e. The number of amides is 1. The number of rotatable bonds is 2. The fraction of sp³-hybridized carbons (Fsp3) is 0.714. The topological polar surface area (TPSA) is 40.6 Å². The first-order valence-corrected chi connectivity index (χ1v) is 3.62. The molecule has 1 amide bonds. The molecule has 1 heterocycles. The molecule has 0 aromatic carbocycles. The van der Waals surface area contributed by atoms with Gasteiger partial charge in [-0.25, -0.2) is 5.01 Å². The molecule has 1 rings (SSSR count). The number of carbonyl (C=O) groups is 2. The molecule has 0 atom stereocenters. The minimum atomic E-state index is 0.0891. The van der Waals surface area contributed by atoms with E-state index >= 15 is 0 Å². The minimum absolute atomic E-state index is 0.0891. The molecule has 0 bridgehead atoms. The molecule has 1 aliphatic heterocycles. The standard InChI is InChI=1S/C7H12N2O2/c1-6(10)5-9-4-3-7(11)8(9)2/h3-5H2,1-2H3. The molecule has 1 saturated heterocycles. The molecule has 11 heavy (non-hydrogen) atoms. The first-order valence-electron chi connectivity index (χ1n) is 3.62. The second-order valence-electron chi connectivity index (χ2n) is 2.76. The summed E-state index contributed by atoms with van der Waals surface area (Å²) >= 11 is 0. The van der Waals surface area contributed by atoms with E-state index in [0.29, 0.717) is 19.5 Å². The second-order valence-corrected chi connectivity index (χ2v) is 2.76. The van der Waals surface area contributed by atoms with Gasteiger partial charge >= 0.3 is 0 Å². The number of Topliss-reactive ketones (excluding diaryl/α,β-unsaturated/α-hetero) is 1. The van der Waals surface area contributed by atoms with Crippen LogP contribution in [0.2, 0.25) is 0 Å². The van der Waals surface area contributed by atoms with E-state index in [-0.39, 0.29) is 11.7 Å². The zero-order valence-corrected chi connectivity index (χ0v) is 6.83. The van der Waals surface area contributed by atoms with Crippen LogP contribution in [0.5, 0.6) is 0 Å². The van der Waals surface area contributed by atoms with Gasteiger partial charge in [-0.1, -0.05) is 0 Å². The van der Waals surface area contributed by atoms with Crippen LogP contribution in [0.4, 0.5) is 0 Å². The van der Waals surface area contributed by atoms with Gasteiger partial charge in [0.05, 0.1) is 6.54 Å². The van der Waals surface area contributed by atoms with E-state index in [9.17, 15) is 9.59 Å². The molecule has 1 fully saturated rings. The molecule has 0 aromatic rings. The van der Waals surface area contributed by atoms with Crippen LogP contribution in [0.25, 0.3) is 0 Å². The number of hydrogen-bond donors (Lipinski definition) is 0. The quantitative estimate of drug-likeness (QED) is 0.549. The van der Waals surface area contributed by atoms with Gasteiger partial charge in [-0.05, 0) is 6.92 Å². The highest BCUT2D eigenvalue weighted by Crippen LogP contribution is 2.08. The Labute approximate surface area is 65.7 Å². The third-order valence-electron chi connectivity index (χ3n) is 1.77. The Bertz CT molecular complexity index is 191. The van der Waals surface area contributed by atoms with Crippen molar-refractivity contribution in [1.82, 2.24) is 10.0 Å². The van der Waals surface area contributed by atoms with Crippen molar-refractivity contribution < 1.29 is 9.59 Å². The fourth-order valence-electron chi connectivity index (χ4n) is 1.14. The Morgan fingerprint density at radius 3 is 2.64 bits per heavy atom. The van der Waals surface area contributed by atoms with Crippen LogP contribution in [0.3, 0.4) is 0 Å². The third-order valence-corrected chi connectivity index (χ3v) is 1.77. The summed E-state index contributed by atoms with van der Waals surface area (Å²) in [5.74, 6) is 0.179. The molecule has 0 aliphatic carbocycles. The van der Waals surface area contributed by atoms with Gasteiger partial charge in [0.1, 0.15) is 5.78 Å². The molecule has 1 aliphatic rings. The first-order chi connectivity index (χ1) is 5.11. The smallest absolute Gasteiger partial charge is 0.237 e. The zero-order chi connectivity index (χ0) is 8.43. The van der Waals surface area contributed by atoms with Gasteiger partial charge in [-0.2, -0.15) is 0 Å². The maximum atomic E-state index is 10.9. The molecule has 0 unspecified atom stereocenters. The van der Waals surface area contributed by atoms with Crippen molar-refractivity contribution in [3.8, 4) is 0 Å². The highest BCUT2D eigenvalue weighted by atomic mass is 16.2. The number of nitrogens with zero attached hydrogens (tertiary/aromatic N) is 2. The van der Waals surface area contributed by atoms with Gasteiger partial charge in [-0.15, -0.1) is 0 Å². The lowest BCUT2D eigenvalue weighted by atomic mass is 10.4. The maximum Gasteiger partial charge on any atom is 0.237 e. The molecule has 0 N–H and O–H groups in total. The Morgan fingerprint density at radius 2 is 2.27 bits per heavy atom. The summed E-state index contributed by atoms with van der Waals surface area (Å²) in [7, 11) is 1.69. The third kappa shape index (κ3) is 1.77. The first kappa shape index (κ1) is 8.20. The molecule has 0 spiro atoms.